The molecule has 3 aliphatic carbocycles. The van der Waals surface area contributed by atoms with Crippen LogP contribution in [0.3, 0.4) is 0 Å². The summed E-state index contributed by atoms with van der Waals surface area (Å²) in [7, 11) is 0. The normalized spacial score (nSPS) is 17.8. The van der Waals surface area contributed by atoms with Crippen molar-refractivity contribution in [3.8, 4) is 0 Å². The molecular weight excluding hydrogens is 378 g/mol. The highest BCUT2D eigenvalue weighted by Crippen LogP contribution is 2.57. The topological polar surface area (TPSA) is 129 Å². The summed E-state index contributed by atoms with van der Waals surface area (Å²) < 4.78 is 0. The summed E-state index contributed by atoms with van der Waals surface area (Å²) in [6.45, 7) is 0. The third kappa shape index (κ3) is 2.27. The van der Waals surface area contributed by atoms with Crippen LogP contribution in [0.1, 0.15) is 45.2 Å². The smallest absolute Gasteiger partial charge is 0.258 e. The van der Waals surface area contributed by atoms with E-state index in [1.807, 2.05) is 0 Å². The Morgan fingerprint density at radius 1 is 0.483 bits per heavy atom. The molecule has 0 fully saturated rings. The first-order chi connectivity index (χ1) is 13.9. The standard InChI is InChI=1S/C20H11N3O6/c24-21(25)10-3-6-15-16(7-10)19-13-4-1-11(22(26)27)8-17(13)20(15)18-9-12(23(28)29)2-5-14(18)19/h1-9,19-20H. The Labute approximate surface area is 162 Å². The van der Waals surface area contributed by atoms with Crippen LogP contribution < -0.4 is 0 Å². The van der Waals surface area contributed by atoms with Gasteiger partial charge < -0.3 is 0 Å². The highest BCUT2D eigenvalue weighted by atomic mass is 16.6. The third-order valence-electron chi connectivity index (χ3n) is 5.71. The lowest BCUT2D eigenvalue weighted by Crippen LogP contribution is -2.27. The fourth-order valence-electron chi connectivity index (χ4n) is 4.57. The number of nitro benzene ring substituents is 3. The highest BCUT2D eigenvalue weighted by molar-refractivity contribution is 5.71. The second kappa shape index (κ2) is 5.68. The average Bonchev–Trinajstić information content (AvgIpc) is 2.71. The van der Waals surface area contributed by atoms with E-state index in [1.54, 1.807) is 18.2 Å². The van der Waals surface area contributed by atoms with E-state index in [0.717, 1.165) is 22.3 Å². The van der Waals surface area contributed by atoms with Crippen molar-refractivity contribution in [3.63, 3.8) is 0 Å². The Morgan fingerprint density at radius 2 is 0.759 bits per heavy atom. The van der Waals surface area contributed by atoms with Gasteiger partial charge in [0.25, 0.3) is 17.1 Å². The Morgan fingerprint density at radius 3 is 1.03 bits per heavy atom. The van der Waals surface area contributed by atoms with Gasteiger partial charge >= 0.3 is 0 Å². The van der Waals surface area contributed by atoms with Crippen LogP contribution in [0.15, 0.2) is 54.6 Å². The molecule has 0 radical (unpaired) electrons. The van der Waals surface area contributed by atoms with Crippen molar-refractivity contribution in [2.45, 2.75) is 11.8 Å². The predicted octanol–water partition coefficient (Wildman–Crippen LogP) is 4.40. The first-order valence-corrected chi connectivity index (χ1v) is 8.71. The maximum absolute atomic E-state index is 11.3. The van der Waals surface area contributed by atoms with Gasteiger partial charge in [-0.2, -0.15) is 0 Å². The largest absolute Gasteiger partial charge is 0.269 e. The van der Waals surface area contributed by atoms with Crippen LogP contribution in [0.2, 0.25) is 0 Å². The molecule has 0 heterocycles. The molecule has 142 valence electrons. The fraction of sp³-hybridized carbons (Fsp3) is 0.100. The molecule has 0 saturated carbocycles. The summed E-state index contributed by atoms with van der Waals surface area (Å²) in [5, 5.41) is 33.9. The third-order valence-corrected chi connectivity index (χ3v) is 5.71. The minimum Gasteiger partial charge on any atom is -0.258 e. The Kier molecular flexibility index (Phi) is 3.33. The highest BCUT2D eigenvalue weighted by Gasteiger charge is 2.43. The molecule has 0 saturated heterocycles. The minimum absolute atomic E-state index is 0.0387. The van der Waals surface area contributed by atoms with E-state index in [9.17, 15) is 30.3 Å². The molecule has 0 atom stereocenters. The zero-order valence-corrected chi connectivity index (χ0v) is 14.6. The van der Waals surface area contributed by atoms with Gasteiger partial charge in [0.05, 0.1) is 14.8 Å². The molecular formula is C20H11N3O6. The van der Waals surface area contributed by atoms with Crippen LogP contribution in [-0.2, 0) is 0 Å². The van der Waals surface area contributed by atoms with Crippen molar-refractivity contribution in [2.24, 2.45) is 0 Å². The lowest BCUT2D eigenvalue weighted by molar-refractivity contribution is -0.385. The predicted molar refractivity (Wildman–Crippen MR) is 101 cm³/mol. The summed E-state index contributed by atoms with van der Waals surface area (Å²) in [5.41, 5.74) is 4.44. The van der Waals surface area contributed by atoms with Crippen molar-refractivity contribution in [1.29, 1.82) is 0 Å². The molecule has 0 N–H and O–H groups in total. The van der Waals surface area contributed by atoms with Gasteiger partial charge in [-0.15, -0.1) is 0 Å². The average molecular weight is 389 g/mol. The van der Waals surface area contributed by atoms with E-state index in [4.69, 9.17) is 0 Å². The fourth-order valence-corrected chi connectivity index (χ4v) is 4.57. The second-order valence-corrected chi connectivity index (χ2v) is 7.08. The number of nitrogens with zero attached hydrogens (tertiary/aromatic N) is 3. The number of nitro groups is 3. The monoisotopic (exact) mass is 389 g/mol. The second-order valence-electron chi connectivity index (χ2n) is 7.08. The van der Waals surface area contributed by atoms with Crippen molar-refractivity contribution in [1.82, 2.24) is 0 Å². The number of rotatable bonds is 3. The molecule has 3 aromatic carbocycles. The minimum atomic E-state index is -0.479. The van der Waals surface area contributed by atoms with Gasteiger partial charge in [-0.1, -0.05) is 18.2 Å². The van der Waals surface area contributed by atoms with Crippen LogP contribution >= 0.6 is 0 Å². The number of hydrogen-bond donors (Lipinski definition) is 0. The lowest BCUT2D eigenvalue weighted by atomic mass is 9.61. The summed E-state index contributed by atoms with van der Waals surface area (Å²) in [5.74, 6) is -0.831. The Balaban J connectivity index is 1.82. The van der Waals surface area contributed by atoms with Gasteiger partial charge in [0, 0.05) is 48.2 Å². The summed E-state index contributed by atoms with van der Waals surface area (Å²) in [6.07, 6.45) is 0. The molecule has 0 amide bonds. The molecule has 9 nitrogen and oxygen atoms in total. The zero-order valence-electron chi connectivity index (χ0n) is 14.6. The van der Waals surface area contributed by atoms with E-state index in [0.29, 0.717) is 11.1 Å². The Hall–Kier alpha value is -4.14. The first kappa shape index (κ1) is 17.0. The van der Waals surface area contributed by atoms with Crippen LogP contribution in [0.4, 0.5) is 17.1 Å². The van der Waals surface area contributed by atoms with Gasteiger partial charge in [-0.05, 0) is 33.4 Å². The molecule has 0 aliphatic heterocycles. The van der Waals surface area contributed by atoms with Gasteiger partial charge in [0.2, 0.25) is 0 Å². The van der Waals surface area contributed by atoms with E-state index in [-0.39, 0.29) is 23.0 Å². The van der Waals surface area contributed by atoms with Crippen LogP contribution in [0.5, 0.6) is 0 Å². The molecule has 3 aromatic rings. The van der Waals surface area contributed by atoms with Crippen LogP contribution in [0.25, 0.3) is 0 Å². The molecule has 6 rings (SSSR count). The van der Waals surface area contributed by atoms with Crippen molar-refractivity contribution in [3.05, 3.63) is 118 Å². The van der Waals surface area contributed by atoms with E-state index in [2.05, 4.69) is 0 Å². The van der Waals surface area contributed by atoms with Crippen molar-refractivity contribution in [2.75, 3.05) is 0 Å². The Bertz CT molecular complexity index is 1200. The quantitative estimate of drug-likeness (QED) is 0.332. The van der Waals surface area contributed by atoms with Crippen molar-refractivity contribution < 1.29 is 14.8 Å². The first-order valence-electron chi connectivity index (χ1n) is 8.71. The maximum atomic E-state index is 11.3. The zero-order chi connectivity index (χ0) is 20.4. The van der Waals surface area contributed by atoms with E-state index >= 15 is 0 Å². The van der Waals surface area contributed by atoms with Gasteiger partial charge in [-0.25, -0.2) is 0 Å². The summed E-state index contributed by atoms with van der Waals surface area (Å²) >= 11 is 0. The molecule has 2 bridgehead atoms. The number of benzene rings is 3. The lowest BCUT2D eigenvalue weighted by Gasteiger charge is -2.41. The number of non-ortho nitro benzene ring substituents is 3. The number of hydrogen-bond acceptors (Lipinski definition) is 6. The van der Waals surface area contributed by atoms with Gasteiger partial charge in [-0.3, -0.25) is 30.3 Å². The molecule has 9 heteroatoms. The van der Waals surface area contributed by atoms with E-state index in [1.165, 1.54) is 36.4 Å². The molecule has 29 heavy (non-hydrogen) atoms. The summed E-state index contributed by atoms with van der Waals surface area (Å²) in [4.78, 5) is 32.4. The molecule has 3 aliphatic rings. The SMILES string of the molecule is O=[N+]([O-])c1ccc2c(c1)C1c3ccc([N+](=O)[O-])cc3C2c2cc([N+](=O)[O-])ccc21. The van der Waals surface area contributed by atoms with E-state index < -0.39 is 20.7 Å². The molecule has 0 aromatic heterocycles. The van der Waals surface area contributed by atoms with Crippen molar-refractivity contribution >= 4 is 17.1 Å². The molecule has 0 spiro atoms. The summed E-state index contributed by atoms with van der Waals surface area (Å²) in [6, 6.07) is 13.8. The molecule has 0 unspecified atom stereocenters. The van der Waals surface area contributed by atoms with Crippen LogP contribution in [0, 0.1) is 30.3 Å². The van der Waals surface area contributed by atoms with Gasteiger partial charge in [0.1, 0.15) is 0 Å². The van der Waals surface area contributed by atoms with Gasteiger partial charge in [0.15, 0.2) is 0 Å². The van der Waals surface area contributed by atoms with Crippen LogP contribution in [-0.4, -0.2) is 14.8 Å². The maximum Gasteiger partial charge on any atom is 0.269 e.